The summed E-state index contributed by atoms with van der Waals surface area (Å²) in [4.78, 5) is 11.1. The Morgan fingerprint density at radius 3 is 2.94 bits per heavy atom. The summed E-state index contributed by atoms with van der Waals surface area (Å²) in [5.74, 6) is -0.615. The van der Waals surface area contributed by atoms with Crippen LogP contribution >= 0.6 is 0 Å². The number of likely N-dealkylation sites (N-methyl/N-ethyl adjacent to an activating group) is 1. The Morgan fingerprint density at radius 2 is 2.31 bits per heavy atom. The lowest BCUT2D eigenvalue weighted by molar-refractivity contribution is -0.120. The number of rotatable bonds is 5. The first-order valence-electron chi connectivity index (χ1n) is 4.98. The molecule has 0 radical (unpaired) electrons. The van der Waals surface area contributed by atoms with Gasteiger partial charge in [-0.25, -0.2) is 4.39 Å². The highest BCUT2D eigenvalue weighted by Gasteiger charge is 2.09. The van der Waals surface area contributed by atoms with E-state index in [4.69, 9.17) is 0 Å². The van der Waals surface area contributed by atoms with E-state index in [1.165, 1.54) is 18.2 Å². The van der Waals surface area contributed by atoms with Gasteiger partial charge in [0.15, 0.2) is 0 Å². The van der Waals surface area contributed by atoms with Crippen molar-refractivity contribution in [2.24, 2.45) is 0 Å². The van der Waals surface area contributed by atoms with Crippen LogP contribution in [0.3, 0.4) is 0 Å². The third-order valence-electron chi connectivity index (χ3n) is 2.06. The Bertz CT molecular complexity index is 358. The molecular formula is C11H15FN2O2. The molecule has 1 amide bonds. The molecule has 16 heavy (non-hydrogen) atoms. The van der Waals surface area contributed by atoms with Crippen LogP contribution in [-0.4, -0.2) is 31.2 Å². The summed E-state index contributed by atoms with van der Waals surface area (Å²) in [5, 5.41) is 14.9. The summed E-state index contributed by atoms with van der Waals surface area (Å²) in [7, 11) is 1.66. The molecule has 0 spiro atoms. The lowest BCUT2D eigenvalue weighted by Gasteiger charge is -2.12. The van der Waals surface area contributed by atoms with Crippen LogP contribution in [0.25, 0.3) is 0 Å². The summed E-state index contributed by atoms with van der Waals surface area (Å²) in [6, 6.07) is 5.67. The maximum Gasteiger partial charge on any atom is 0.234 e. The number of halogens is 1. The van der Waals surface area contributed by atoms with Crippen LogP contribution in [0.1, 0.15) is 11.7 Å². The molecule has 0 bridgehead atoms. The molecule has 0 saturated heterocycles. The smallest absolute Gasteiger partial charge is 0.234 e. The molecule has 1 aromatic carbocycles. The van der Waals surface area contributed by atoms with E-state index in [9.17, 15) is 14.3 Å². The van der Waals surface area contributed by atoms with Gasteiger partial charge in [-0.2, -0.15) is 0 Å². The fraction of sp³-hybridized carbons (Fsp3) is 0.364. The van der Waals surface area contributed by atoms with E-state index in [-0.39, 0.29) is 19.0 Å². The highest BCUT2D eigenvalue weighted by Crippen LogP contribution is 2.12. The molecule has 0 saturated carbocycles. The van der Waals surface area contributed by atoms with Crippen LogP contribution in [0.4, 0.5) is 4.39 Å². The van der Waals surface area contributed by atoms with Gasteiger partial charge in [-0.15, -0.1) is 0 Å². The fourth-order valence-corrected chi connectivity index (χ4v) is 1.27. The highest BCUT2D eigenvalue weighted by atomic mass is 19.1. The van der Waals surface area contributed by atoms with Crippen LogP contribution in [0.5, 0.6) is 0 Å². The van der Waals surface area contributed by atoms with Gasteiger partial charge in [-0.05, 0) is 24.7 Å². The lowest BCUT2D eigenvalue weighted by Crippen LogP contribution is -2.34. The Kier molecular flexibility index (Phi) is 4.88. The van der Waals surface area contributed by atoms with Gasteiger partial charge in [-0.3, -0.25) is 4.79 Å². The number of carbonyl (C=O) groups excluding carboxylic acids is 1. The first-order valence-corrected chi connectivity index (χ1v) is 4.98. The predicted octanol–water partition coefficient (Wildman–Crippen LogP) is 0.195. The average Bonchev–Trinajstić information content (AvgIpc) is 2.26. The standard InChI is InChI=1S/C11H15FN2O2/c1-13-7-11(16)14-6-10(15)8-3-2-4-9(12)5-8/h2-5,10,13,15H,6-7H2,1H3,(H,14,16). The maximum atomic E-state index is 12.8. The topological polar surface area (TPSA) is 61.4 Å². The second-order valence-electron chi connectivity index (χ2n) is 3.41. The van der Waals surface area contributed by atoms with Crippen LogP contribution in [0, 0.1) is 5.82 Å². The zero-order valence-corrected chi connectivity index (χ0v) is 9.03. The molecule has 1 unspecified atom stereocenters. The van der Waals surface area contributed by atoms with Gasteiger partial charge in [0, 0.05) is 6.54 Å². The summed E-state index contributed by atoms with van der Waals surface area (Å²) in [5.41, 5.74) is 0.449. The number of amides is 1. The normalized spacial score (nSPS) is 12.2. The van der Waals surface area contributed by atoms with Gasteiger partial charge in [0.1, 0.15) is 5.82 Å². The first-order chi connectivity index (χ1) is 7.63. The van der Waals surface area contributed by atoms with E-state index in [2.05, 4.69) is 10.6 Å². The zero-order chi connectivity index (χ0) is 12.0. The molecule has 88 valence electrons. The lowest BCUT2D eigenvalue weighted by atomic mass is 10.1. The molecule has 0 aliphatic carbocycles. The van der Waals surface area contributed by atoms with Crippen molar-refractivity contribution in [2.45, 2.75) is 6.10 Å². The van der Waals surface area contributed by atoms with E-state index in [1.54, 1.807) is 13.1 Å². The van der Waals surface area contributed by atoms with Gasteiger partial charge in [0.25, 0.3) is 0 Å². The molecule has 1 rings (SSSR count). The van der Waals surface area contributed by atoms with Gasteiger partial charge in [-0.1, -0.05) is 12.1 Å². The fourth-order valence-electron chi connectivity index (χ4n) is 1.27. The molecule has 1 atom stereocenters. The average molecular weight is 226 g/mol. The summed E-state index contributed by atoms with van der Waals surface area (Å²) in [6.45, 7) is 0.264. The first kappa shape index (κ1) is 12.6. The minimum atomic E-state index is -0.892. The Morgan fingerprint density at radius 1 is 1.56 bits per heavy atom. The van der Waals surface area contributed by atoms with E-state index in [0.717, 1.165) is 0 Å². The Balaban J connectivity index is 2.46. The molecule has 0 heterocycles. The van der Waals surface area contributed by atoms with Crippen molar-refractivity contribution < 1.29 is 14.3 Å². The molecule has 0 aliphatic heterocycles. The number of hydrogen-bond donors (Lipinski definition) is 3. The van der Waals surface area contributed by atoms with Crippen molar-refractivity contribution in [3.63, 3.8) is 0 Å². The van der Waals surface area contributed by atoms with E-state index < -0.39 is 11.9 Å². The molecule has 0 aliphatic rings. The van der Waals surface area contributed by atoms with Crippen molar-refractivity contribution >= 4 is 5.91 Å². The number of benzene rings is 1. The van der Waals surface area contributed by atoms with Crippen molar-refractivity contribution in [3.8, 4) is 0 Å². The number of aliphatic hydroxyl groups excluding tert-OH is 1. The highest BCUT2D eigenvalue weighted by molar-refractivity contribution is 5.77. The van der Waals surface area contributed by atoms with Crippen LogP contribution in [0.2, 0.25) is 0 Å². The second kappa shape index (κ2) is 6.19. The summed E-state index contributed by atoms with van der Waals surface area (Å²) in [6.07, 6.45) is -0.892. The van der Waals surface area contributed by atoms with Gasteiger partial charge in [0.05, 0.1) is 12.6 Å². The number of nitrogens with one attached hydrogen (secondary N) is 2. The molecule has 3 N–H and O–H groups in total. The second-order valence-corrected chi connectivity index (χ2v) is 3.41. The molecular weight excluding hydrogens is 211 g/mol. The maximum absolute atomic E-state index is 12.8. The van der Waals surface area contributed by atoms with Crippen LogP contribution in [0.15, 0.2) is 24.3 Å². The van der Waals surface area contributed by atoms with Crippen LogP contribution in [-0.2, 0) is 4.79 Å². The SMILES string of the molecule is CNCC(=O)NCC(O)c1cccc(F)c1. The number of carbonyl (C=O) groups is 1. The quantitative estimate of drug-likeness (QED) is 0.672. The largest absolute Gasteiger partial charge is 0.387 e. The van der Waals surface area contributed by atoms with Crippen LogP contribution < -0.4 is 10.6 Å². The van der Waals surface area contributed by atoms with Crippen molar-refractivity contribution in [3.05, 3.63) is 35.6 Å². The summed E-state index contributed by atoms with van der Waals surface area (Å²) < 4.78 is 12.8. The van der Waals surface area contributed by atoms with Crippen molar-refractivity contribution in [1.29, 1.82) is 0 Å². The predicted molar refractivity (Wildman–Crippen MR) is 58.3 cm³/mol. The minimum Gasteiger partial charge on any atom is -0.387 e. The van der Waals surface area contributed by atoms with Crippen molar-refractivity contribution in [1.82, 2.24) is 10.6 Å². The third kappa shape index (κ3) is 3.96. The van der Waals surface area contributed by atoms with E-state index >= 15 is 0 Å². The van der Waals surface area contributed by atoms with Gasteiger partial charge >= 0.3 is 0 Å². The molecule has 0 aromatic heterocycles. The van der Waals surface area contributed by atoms with E-state index in [1.807, 2.05) is 0 Å². The number of hydrogen-bond acceptors (Lipinski definition) is 3. The molecule has 0 fully saturated rings. The third-order valence-corrected chi connectivity index (χ3v) is 2.06. The minimum absolute atomic E-state index is 0.0734. The zero-order valence-electron chi connectivity index (χ0n) is 9.03. The Hall–Kier alpha value is -1.46. The molecule has 5 heteroatoms. The van der Waals surface area contributed by atoms with Gasteiger partial charge in [0.2, 0.25) is 5.91 Å². The molecule has 4 nitrogen and oxygen atoms in total. The van der Waals surface area contributed by atoms with E-state index in [0.29, 0.717) is 5.56 Å². The summed E-state index contributed by atoms with van der Waals surface area (Å²) >= 11 is 0. The van der Waals surface area contributed by atoms with Gasteiger partial charge < -0.3 is 15.7 Å². The Labute approximate surface area is 93.5 Å². The monoisotopic (exact) mass is 226 g/mol. The molecule has 1 aromatic rings. The number of aliphatic hydroxyl groups is 1. The van der Waals surface area contributed by atoms with Crippen molar-refractivity contribution in [2.75, 3.05) is 20.1 Å².